The number of methoxy groups -OCH3 is 1. The summed E-state index contributed by atoms with van der Waals surface area (Å²) in [5.74, 6) is 1.75. The Labute approximate surface area is 162 Å². The third-order valence-corrected chi connectivity index (χ3v) is 10.2. The normalized spacial score (nSPS) is 27.8. The van der Waals surface area contributed by atoms with Crippen LogP contribution in [0.5, 0.6) is 11.5 Å². The molecule has 0 amide bonds. The highest BCUT2D eigenvalue weighted by atomic mass is 31.2. The molecule has 3 atom stereocenters. The van der Waals surface area contributed by atoms with Gasteiger partial charge in [0.2, 0.25) is 0 Å². The van der Waals surface area contributed by atoms with Crippen molar-refractivity contribution in [3.8, 4) is 11.5 Å². The van der Waals surface area contributed by atoms with E-state index in [1.54, 1.807) is 7.11 Å². The molecule has 2 aliphatic rings. The van der Waals surface area contributed by atoms with Gasteiger partial charge >= 0.3 is 0 Å². The quantitative estimate of drug-likeness (QED) is 0.697. The van der Waals surface area contributed by atoms with E-state index in [1.807, 2.05) is 52.8 Å². The van der Waals surface area contributed by atoms with Crippen molar-refractivity contribution in [3.63, 3.8) is 0 Å². The Bertz CT molecular complexity index is 807. The Morgan fingerprint density at radius 2 is 1.89 bits per heavy atom. The third-order valence-electron chi connectivity index (χ3n) is 5.69. The fraction of sp³-hybridized carbons (Fsp3) is 0.667. The van der Waals surface area contributed by atoms with Gasteiger partial charge in [0.25, 0.3) is 0 Å². The van der Waals surface area contributed by atoms with E-state index in [0.29, 0.717) is 35.2 Å². The van der Waals surface area contributed by atoms with E-state index in [4.69, 9.17) is 19.2 Å². The van der Waals surface area contributed by atoms with Crippen molar-refractivity contribution >= 4 is 18.3 Å². The molecule has 0 fully saturated rings. The van der Waals surface area contributed by atoms with E-state index in [9.17, 15) is 4.57 Å². The summed E-state index contributed by atoms with van der Waals surface area (Å²) >= 11 is 0. The van der Waals surface area contributed by atoms with Crippen LogP contribution in [0.2, 0.25) is 0 Å². The van der Waals surface area contributed by atoms with Crippen LogP contribution >= 0.6 is 7.14 Å². The molecule has 3 rings (SSSR count). The van der Waals surface area contributed by atoms with Crippen molar-refractivity contribution in [1.82, 2.24) is 0 Å². The molecule has 150 valence electrons. The molecule has 2 heterocycles. The molecule has 0 unspecified atom stereocenters. The van der Waals surface area contributed by atoms with Crippen LogP contribution in [0, 0.1) is 11.3 Å². The van der Waals surface area contributed by atoms with Crippen molar-refractivity contribution in [1.29, 1.82) is 0 Å². The van der Waals surface area contributed by atoms with E-state index < -0.39 is 23.6 Å². The smallest absolute Gasteiger partial charge is 0.193 e. The number of fused-ring (bicyclic) bond motifs is 1. The van der Waals surface area contributed by atoms with E-state index in [-0.39, 0.29) is 6.04 Å². The van der Waals surface area contributed by atoms with E-state index >= 15 is 0 Å². The van der Waals surface area contributed by atoms with Gasteiger partial charge in [0.1, 0.15) is 18.1 Å². The Kier molecular flexibility index (Phi) is 4.91. The molecule has 0 aliphatic carbocycles. The van der Waals surface area contributed by atoms with Gasteiger partial charge in [-0.2, -0.15) is 0 Å². The van der Waals surface area contributed by atoms with Crippen LogP contribution in [0.1, 0.15) is 48.5 Å². The lowest BCUT2D eigenvalue weighted by Crippen LogP contribution is -2.43. The van der Waals surface area contributed by atoms with Crippen LogP contribution < -0.4 is 14.8 Å². The van der Waals surface area contributed by atoms with Gasteiger partial charge in [-0.3, -0.25) is 0 Å². The Hall–Kier alpha value is -1.48. The standard InChI is InChI=1S/C21H32NO4P/c1-13(2)14-12-25-18(22-14)21(6,7)19-26-16-11-9-10-15(24-8)17(16)27(19,23)20(3,4)5/h9-11,13-14,19H,12H2,1-8H3/t14-,19-,27+/m0/s1. The highest BCUT2D eigenvalue weighted by molar-refractivity contribution is 7.74. The van der Waals surface area contributed by atoms with Gasteiger partial charge in [-0.15, -0.1) is 0 Å². The molecular formula is C21H32NO4P. The Morgan fingerprint density at radius 3 is 2.41 bits per heavy atom. The molecule has 0 saturated heterocycles. The molecule has 0 N–H and O–H groups in total. The SMILES string of the molecule is COc1cccc2c1[P@](=O)(C(C)(C)C)[C@@H](C(C)(C)C1=N[C@H](C(C)C)CO1)O2. The summed E-state index contributed by atoms with van der Waals surface area (Å²) in [5.41, 5.74) is -0.628. The molecule has 6 heteroatoms. The summed E-state index contributed by atoms with van der Waals surface area (Å²) in [6, 6.07) is 5.74. The largest absolute Gasteiger partial charge is 0.496 e. The minimum Gasteiger partial charge on any atom is -0.496 e. The van der Waals surface area contributed by atoms with Crippen molar-refractivity contribution in [2.75, 3.05) is 13.7 Å². The number of hydrogen-bond acceptors (Lipinski definition) is 5. The van der Waals surface area contributed by atoms with Gasteiger partial charge in [0.15, 0.2) is 18.9 Å². The van der Waals surface area contributed by atoms with E-state index in [0.717, 1.165) is 0 Å². The van der Waals surface area contributed by atoms with Crippen LogP contribution in [-0.4, -0.2) is 36.7 Å². The first-order valence-corrected chi connectivity index (χ1v) is 11.4. The molecule has 0 aromatic heterocycles. The minimum atomic E-state index is -3.03. The molecule has 0 bridgehead atoms. The maximum absolute atomic E-state index is 14.7. The predicted octanol–water partition coefficient (Wildman–Crippen LogP) is 4.68. The summed E-state index contributed by atoms with van der Waals surface area (Å²) in [6.45, 7) is 14.9. The average Bonchev–Trinajstić information content (AvgIpc) is 3.19. The Morgan fingerprint density at radius 1 is 1.22 bits per heavy atom. The number of rotatable bonds is 4. The van der Waals surface area contributed by atoms with Crippen LogP contribution in [0.25, 0.3) is 0 Å². The average molecular weight is 393 g/mol. The lowest BCUT2D eigenvalue weighted by atomic mass is 9.94. The summed E-state index contributed by atoms with van der Waals surface area (Å²) in [7, 11) is -1.42. The molecule has 0 saturated carbocycles. The summed E-state index contributed by atoms with van der Waals surface area (Å²) in [6.07, 6.45) is 0. The number of benzene rings is 1. The molecule has 5 nitrogen and oxygen atoms in total. The van der Waals surface area contributed by atoms with Crippen LogP contribution in [-0.2, 0) is 9.30 Å². The van der Waals surface area contributed by atoms with Crippen molar-refractivity contribution in [2.24, 2.45) is 16.3 Å². The predicted molar refractivity (Wildman–Crippen MR) is 110 cm³/mol. The first-order valence-electron chi connectivity index (χ1n) is 9.59. The number of ether oxygens (including phenoxy) is 3. The topological polar surface area (TPSA) is 57.1 Å². The molecule has 27 heavy (non-hydrogen) atoms. The molecular weight excluding hydrogens is 361 g/mol. The first kappa shape index (κ1) is 20.3. The zero-order valence-electron chi connectivity index (χ0n) is 17.7. The number of aliphatic imine (C=N–C) groups is 1. The highest BCUT2D eigenvalue weighted by Gasteiger charge is 2.61. The van der Waals surface area contributed by atoms with Crippen molar-refractivity contribution < 1.29 is 18.8 Å². The van der Waals surface area contributed by atoms with Crippen molar-refractivity contribution in [2.45, 2.75) is 65.5 Å². The maximum Gasteiger partial charge on any atom is 0.193 e. The zero-order valence-corrected chi connectivity index (χ0v) is 18.6. The lowest BCUT2D eigenvalue weighted by Gasteiger charge is -2.39. The Balaban J connectivity index is 2.14. The highest BCUT2D eigenvalue weighted by Crippen LogP contribution is 2.70. The monoisotopic (exact) mass is 393 g/mol. The van der Waals surface area contributed by atoms with Gasteiger partial charge in [-0.25, -0.2) is 4.99 Å². The van der Waals surface area contributed by atoms with Crippen molar-refractivity contribution in [3.05, 3.63) is 18.2 Å². The second-order valence-corrected chi connectivity index (χ2v) is 13.0. The number of nitrogens with zero attached hydrogens (tertiary/aromatic N) is 1. The molecule has 1 aromatic carbocycles. The molecule has 1 aromatic rings. The summed E-state index contributed by atoms with van der Waals surface area (Å²) in [4.78, 5) is 4.82. The van der Waals surface area contributed by atoms with Gasteiger partial charge in [0, 0.05) is 5.16 Å². The minimum absolute atomic E-state index is 0.131. The zero-order chi connectivity index (χ0) is 20.2. The molecule has 0 radical (unpaired) electrons. The van der Waals surface area contributed by atoms with Crippen LogP contribution in [0.4, 0.5) is 0 Å². The second kappa shape index (κ2) is 6.55. The van der Waals surface area contributed by atoms with Gasteiger partial charge in [-0.1, -0.05) is 40.7 Å². The fourth-order valence-corrected chi connectivity index (χ4v) is 7.72. The first-order chi connectivity index (χ1) is 12.4. The van der Waals surface area contributed by atoms with E-state index in [2.05, 4.69) is 13.8 Å². The summed E-state index contributed by atoms with van der Waals surface area (Å²) < 4.78 is 32.6. The van der Waals surface area contributed by atoms with Gasteiger partial charge < -0.3 is 18.8 Å². The number of hydrogen-bond donors (Lipinski definition) is 0. The van der Waals surface area contributed by atoms with Crippen LogP contribution in [0.3, 0.4) is 0 Å². The second-order valence-electron chi connectivity index (χ2n) is 9.38. The lowest BCUT2D eigenvalue weighted by molar-refractivity contribution is 0.167. The van der Waals surface area contributed by atoms with E-state index in [1.165, 1.54) is 0 Å². The third kappa shape index (κ3) is 2.99. The maximum atomic E-state index is 14.7. The van der Waals surface area contributed by atoms with Crippen LogP contribution in [0.15, 0.2) is 23.2 Å². The molecule has 0 spiro atoms. The molecule has 2 aliphatic heterocycles. The fourth-order valence-electron chi connectivity index (χ4n) is 3.88. The van der Waals surface area contributed by atoms with Gasteiger partial charge in [0.05, 0.1) is 23.9 Å². The summed E-state index contributed by atoms with van der Waals surface area (Å²) in [5, 5.41) is 0.211. The van der Waals surface area contributed by atoms with Gasteiger partial charge in [-0.05, 0) is 31.9 Å².